The van der Waals surface area contributed by atoms with Crippen LogP contribution in [0.15, 0.2) is 53.6 Å². The summed E-state index contributed by atoms with van der Waals surface area (Å²) < 4.78 is 65.4. The van der Waals surface area contributed by atoms with Gasteiger partial charge in [0, 0.05) is 29.9 Å². The van der Waals surface area contributed by atoms with Crippen LogP contribution in [0.3, 0.4) is 0 Å². The molecule has 0 saturated heterocycles. The predicted molar refractivity (Wildman–Crippen MR) is 96.9 cm³/mol. The van der Waals surface area contributed by atoms with E-state index in [-0.39, 0.29) is 18.5 Å². The second kappa shape index (κ2) is 6.97. The molecule has 0 aliphatic rings. The number of carboxylic acids is 1. The van der Waals surface area contributed by atoms with Crippen molar-refractivity contribution in [2.45, 2.75) is 24.0 Å². The number of benzene rings is 2. The Morgan fingerprint density at radius 3 is 2.39 bits per heavy atom. The fourth-order valence-electron chi connectivity index (χ4n) is 3.13. The Bertz CT molecular complexity index is 1160. The molecule has 0 spiro atoms. The molecule has 3 rings (SSSR count). The summed E-state index contributed by atoms with van der Waals surface area (Å²) in [6, 6.07) is 9.75. The fourth-order valence-corrected chi connectivity index (χ4v) is 3.78. The van der Waals surface area contributed by atoms with Crippen molar-refractivity contribution in [1.82, 2.24) is 4.57 Å². The second-order valence-electron chi connectivity index (χ2n) is 6.46. The van der Waals surface area contributed by atoms with Gasteiger partial charge in [0.05, 0.1) is 16.9 Å². The molecule has 3 aromatic rings. The number of aliphatic carboxylic acids is 1. The molecule has 9 heteroatoms. The minimum absolute atomic E-state index is 0.109. The molecule has 0 aliphatic carbocycles. The lowest BCUT2D eigenvalue weighted by atomic mass is 10.1. The van der Waals surface area contributed by atoms with Crippen molar-refractivity contribution in [2.24, 2.45) is 0 Å². The zero-order valence-electron chi connectivity index (χ0n) is 14.7. The molecular weight excluding hydrogens is 395 g/mol. The minimum atomic E-state index is -4.73. The van der Waals surface area contributed by atoms with Crippen molar-refractivity contribution >= 4 is 26.7 Å². The first-order valence-electron chi connectivity index (χ1n) is 8.15. The van der Waals surface area contributed by atoms with E-state index in [9.17, 15) is 26.4 Å². The summed E-state index contributed by atoms with van der Waals surface area (Å²) in [5.41, 5.74) is -0.0565. The summed E-state index contributed by atoms with van der Waals surface area (Å²) >= 11 is 0. The van der Waals surface area contributed by atoms with Gasteiger partial charge in [0.15, 0.2) is 9.84 Å². The highest BCUT2D eigenvalue weighted by molar-refractivity contribution is 7.90. The largest absolute Gasteiger partial charge is 0.481 e. The van der Waals surface area contributed by atoms with Crippen LogP contribution in [0.4, 0.5) is 13.2 Å². The maximum absolute atomic E-state index is 13.5. The number of alkyl halides is 3. The molecule has 5 nitrogen and oxygen atoms in total. The molecule has 0 bridgehead atoms. The number of hydrogen-bond acceptors (Lipinski definition) is 3. The van der Waals surface area contributed by atoms with Gasteiger partial charge in [0.1, 0.15) is 0 Å². The first kappa shape index (κ1) is 19.9. The molecule has 0 saturated carbocycles. The number of rotatable bonds is 5. The van der Waals surface area contributed by atoms with Crippen molar-refractivity contribution in [1.29, 1.82) is 0 Å². The number of aromatic nitrogens is 1. The fraction of sp³-hybridized carbons (Fsp3) is 0.211. The van der Waals surface area contributed by atoms with Gasteiger partial charge < -0.3 is 9.67 Å². The van der Waals surface area contributed by atoms with Crippen LogP contribution in [0.5, 0.6) is 0 Å². The first-order valence-corrected chi connectivity index (χ1v) is 10.0. The number of para-hydroxylation sites is 1. The molecule has 1 heterocycles. The molecule has 0 atom stereocenters. The van der Waals surface area contributed by atoms with E-state index in [1.54, 1.807) is 24.3 Å². The lowest BCUT2D eigenvalue weighted by molar-refractivity contribution is -0.138. The monoisotopic (exact) mass is 411 g/mol. The average molecular weight is 411 g/mol. The van der Waals surface area contributed by atoms with Gasteiger partial charge in [-0.1, -0.05) is 24.3 Å². The molecule has 0 fully saturated rings. The van der Waals surface area contributed by atoms with Gasteiger partial charge in [-0.15, -0.1) is 0 Å². The summed E-state index contributed by atoms with van der Waals surface area (Å²) in [7, 11) is -3.79. The van der Waals surface area contributed by atoms with Crippen molar-refractivity contribution in [3.05, 3.63) is 65.4 Å². The molecule has 2 aromatic carbocycles. The number of nitrogens with zero attached hydrogens (tertiary/aromatic N) is 1. The summed E-state index contributed by atoms with van der Waals surface area (Å²) in [6.07, 6.45) is -2.63. The zero-order chi connectivity index (χ0) is 20.7. The van der Waals surface area contributed by atoms with Gasteiger partial charge in [-0.05, 0) is 29.3 Å². The lowest BCUT2D eigenvalue weighted by Crippen LogP contribution is -2.13. The van der Waals surface area contributed by atoms with Crippen molar-refractivity contribution in [3.8, 4) is 0 Å². The Hall–Kier alpha value is -2.81. The molecule has 0 radical (unpaired) electrons. The van der Waals surface area contributed by atoms with Crippen molar-refractivity contribution < 1.29 is 31.5 Å². The zero-order valence-corrected chi connectivity index (χ0v) is 15.5. The highest BCUT2D eigenvalue weighted by Crippen LogP contribution is 2.35. The van der Waals surface area contributed by atoms with Crippen LogP contribution in [0.25, 0.3) is 10.9 Å². The Morgan fingerprint density at radius 1 is 1.11 bits per heavy atom. The molecule has 0 amide bonds. The smallest absolute Gasteiger partial charge is 0.416 e. The summed E-state index contributed by atoms with van der Waals surface area (Å²) in [6.45, 7) is -0.182. The van der Waals surface area contributed by atoms with E-state index in [0.717, 1.165) is 18.4 Å². The minimum Gasteiger partial charge on any atom is -0.481 e. The van der Waals surface area contributed by atoms with Crippen molar-refractivity contribution in [2.75, 3.05) is 6.26 Å². The number of fused-ring (bicyclic) bond motifs is 1. The van der Waals surface area contributed by atoms with E-state index >= 15 is 0 Å². The predicted octanol–water partition coefficient (Wildman–Crippen LogP) is 3.74. The van der Waals surface area contributed by atoms with Gasteiger partial charge in [-0.2, -0.15) is 13.2 Å². The number of carbonyl (C=O) groups is 1. The van der Waals surface area contributed by atoms with Crippen LogP contribution >= 0.6 is 0 Å². The lowest BCUT2D eigenvalue weighted by Gasteiger charge is -2.15. The first-order chi connectivity index (χ1) is 13.0. The highest BCUT2D eigenvalue weighted by atomic mass is 32.2. The van der Waals surface area contributed by atoms with E-state index < -0.39 is 32.4 Å². The van der Waals surface area contributed by atoms with Crippen LogP contribution in [-0.4, -0.2) is 30.3 Å². The van der Waals surface area contributed by atoms with Gasteiger partial charge in [0.2, 0.25) is 0 Å². The summed E-state index contributed by atoms with van der Waals surface area (Å²) in [5, 5.41) is 9.71. The number of halogens is 3. The van der Waals surface area contributed by atoms with Crippen LogP contribution in [-0.2, 0) is 33.8 Å². The molecule has 1 N–H and O–H groups in total. The third-order valence-electron chi connectivity index (χ3n) is 4.37. The topological polar surface area (TPSA) is 76.4 Å². The maximum atomic E-state index is 13.5. The van der Waals surface area contributed by atoms with E-state index in [2.05, 4.69) is 0 Å². The van der Waals surface area contributed by atoms with Crippen molar-refractivity contribution in [3.63, 3.8) is 0 Å². The summed E-state index contributed by atoms with van der Waals surface area (Å²) in [4.78, 5) is 10.7. The molecule has 28 heavy (non-hydrogen) atoms. The maximum Gasteiger partial charge on any atom is 0.416 e. The number of sulfone groups is 1. The van der Waals surface area contributed by atoms with Crippen LogP contribution in [0.2, 0.25) is 0 Å². The Balaban J connectivity index is 2.13. The molecular formula is C19H16F3NO4S. The third-order valence-corrected chi connectivity index (χ3v) is 5.48. The Kier molecular flexibility index (Phi) is 4.97. The van der Waals surface area contributed by atoms with Gasteiger partial charge in [-0.25, -0.2) is 8.42 Å². The molecule has 0 unspecified atom stereocenters. The van der Waals surface area contributed by atoms with Gasteiger partial charge >= 0.3 is 12.1 Å². The highest BCUT2D eigenvalue weighted by Gasteiger charge is 2.34. The number of carboxylic acid groups (broad SMARTS) is 1. The van der Waals surface area contributed by atoms with E-state index in [0.29, 0.717) is 22.5 Å². The Morgan fingerprint density at radius 2 is 1.79 bits per heavy atom. The molecule has 148 valence electrons. The van der Waals surface area contributed by atoms with Crippen LogP contribution in [0.1, 0.15) is 16.7 Å². The van der Waals surface area contributed by atoms with E-state index in [1.807, 2.05) is 0 Å². The standard InChI is InChI=1S/C19H16F3NO4S/c1-28(26,27)14-7-6-12(16(9-14)19(20,21)22)10-23-11-13(8-18(24)25)15-4-2-3-5-17(15)23/h2-7,9,11H,8,10H2,1H3,(H,24,25). The van der Waals surface area contributed by atoms with Crippen LogP contribution < -0.4 is 0 Å². The van der Waals surface area contributed by atoms with Crippen LogP contribution in [0, 0.1) is 0 Å². The SMILES string of the molecule is CS(=O)(=O)c1ccc(Cn2cc(CC(=O)O)c3ccccc32)c(C(F)(F)F)c1. The molecule has 0 aliphatic heterocycles. The normalized spacial score (nSPS) is 12.4. The molecule has 1 aromatic heterocycles. The van der Waals surface area contributed by atoms with Gasteiger partial charge in [-0.3, -0.25) is 4.79 Å². The quantitative estimate of drug-likeness (QED) is 0.694. The number of hydrogen-bond donors (Lipinski definition) is 1. The van der Waals surface area contributed by atoms with E-state index in [4.69, 9.17) is 5.11 Å². The van der Waals surface area contributed by atoms with Gasteiger partial charge in [0.25, 0.3) is 0 Å². The third kappa shape index (κ3) is 4.04. The van der Waals surface area contributed by atoms with E-state index in [1.165, 1.54) is 10.8 Å². The average Bonchev–Trinajstić information content (AvgIpc) is 2.90. The summed E-state index contributed by atoms with van der Waals surface area (Å²) in [5.74, 6) is -1.05. The Labute approximate surface area is 158 Å². The second-order valence-corrected chi connectivity index (χ2v) is 8.47.